The second-order valence-electron chi connectivity index (χ2n) is 11.5. The zero-order valence-electron chi connectivity index (χ0n) is 27.8. The van der Waals surface area contributed by atoms with Crippen molar-refractivity contribution in [3.63, 3.8) is 0 Å². The van der Waals surface area contributed by atoms with Crippen LogP contribution in [0.1, 0.15) is 43.4 Å². The summed E-state index contributed by atoms with van der Waals surface area (Å²) in [5.41, 5.74) is 2.69. The Morgan fingerprint density at radius 3 is 2.32 bits per heavy atom. The van der Waals surface area contributed by atoms with Crippen LogP contribution in [-0.2, 0) is 16.8 Å². The maximum Gasteiger partial charge on any atom is 0.234 e. The van der Waals surface area contributed by atoms with Crippen LogP contribution in [0.2, 0.25) is 0 Å². The molecule has 1 amide bonds. The van der Waals surface area contributed by atoms with Gasteiger partial charge in [-0.15, -0.1) is 12.4 Å². The summed E-state index contributed by atoms with van der Waals surface area (Å²) in [5, 5.41) is 13.8. The molecule has 0 fully saturated rings. The van der Waals surface area contributed by atoms with E-state index < -0.39 is 5.41 Å². The number of nitriles is 1. The monoisotopic (exact) mass is 667 g/mol. The number of amides is 1. The predicted octanol–water partition coefficient (Wildman–Crippen LogP) is 5.00. The molecule has 1 aromatic heterocycles. The molecule has 0 radical (unpaired) electrons. The zero-order valence-corrected chi connectivity index (χ0v) is 28.6. The Morgan fingerprint density at radius 1 is 1.02 bits per heavy atom. The molecule has 47 heavy (non-hydrogen) atoms. The van der Waals surface area contributed by atoms with Gasteiger partial charge in [0.25, 0.3) is 0 Å². The number of carbonyl (C=O) groups excluding carboxylic acids is 1. The summed E-state index contributed by atoms with van der Waals surface area (Å²) in [7, 11) is 5.07. The summed E-state index contributed by atoms with van der Waals surface area (Å²) in [4.78, 5) is 28.0. The smallest absolute Gasteiger partial charge is 0.234 e. The van der Waals surface area contributed by atoms with Crippen molar-refractivity contribution in [3.8, 4) is 28.9 Å². The molecule has 1 unspecified atom stereocenters. The van der Waals surface area contributed by atoms with E-state index in [1.807, 2.05) is 72.6 Å². The summed E-state index contributed by atoms with van der Waals surface area (Å²) < 4.78 is 17.1. The lowest BCUT2D eigenvalue weighted by molar-refractivity contribution is -0.122. The van der Waals surface area contributed by atoms with Gasteiger partial charge in [0.05, 0.1) is 37.6 Å². The van der Waals surface area contributed by atoms with Crippen molar-refractivity contribution in [2.24, 2.45) is 5.92 Å². The van der Waals surface area contributed by atoms with E-state index in [4.69, 9.17) is 13.9 Å². The Labute approximate surface area is 282 Å². The van der Waals surface area contributed by atoms with Crippen LogP contribution in [-0.4, -0.2) is 56.1 Å². The third kappa shape index (κ3) is 8.90. The molecule has 0 spiro atoms. The average molecular weight is 668 g/mol. The molecule has 4 rings (SSSR count). The molecule has 3 aromatic carbocycles. The van der Waals surface area contributed by atoms with E-state index in [1.54, 1.807) is 27.2 Å². The van der Waals surface area contributed by atoms with Gasteiger partial charge in [0.2, 0.25) is 5.91 Å². The van der Waals surface area contributed by atoms with Gasteiger partial charge in [0.15, 0.2) is 16.9 Å². The quantitative estimate of drug-likeness (QED) is 0.209. The summed E-state index contributed by atoms with van der Waals surface area (Å²) in [6.07, 6.45) is 1.35. The average Bonchev–Trinajstić information content (AvgIpc) is 3.03. The van der Waals surface area contributed by atoms with E-state index in [2.05, 4.69) is 25.2 Å². The number of hydrogen-bond acceptors (Lipinski definition) is 7. The Hall–Kier alpha value is -4.40. The van der Waals surface area contributed by atoms with Crippen LogP contribution in [0, 0.1) is 24.2 Å². The molecule has 5 N–H and O–H groups in total. The highest BCUT2D eigenvalue weighted by molar-refractivity contribution is 5.85. The van der Waals surface area contributed by atoms with Crippen molar-refractivity contribution in [2.75, 3.05) is 34.4 Å². The number of carbonyl (C=O) groups is 1. The van der Waals surface area contributed by atoms with Crippen molar-refractivity contribution >= 4 is 29.3 Å². The van der Waals surface area contributed by atoms with Gasteiger partial charge in [-0.3, -0.25) is 14.5 Å². The van der Waals surface area contributed by atoms with Crippen molar-refractivity contribution < 1.29 is 29.6 Å². The van der Waals surface area contributed by atoms with E-state index in [0.717, 1.165) is 23.1 Å². The van der Waals surface area contributed by atoms with Crippen LogP contribution in [0.4, 0.5) is 0 Å². The van der Waals surface area contributed by atoms with Gasteiger partial charge in [0.1, 0.15) is 11.3 Å². The first-order valence-corrected chi connectivity index (χ1v) is 14.8. The lowest BCUT2D eigenvalue weighted by atomic mass is 9.69. The van der Waals surface area contributed by atoms with Crippen molar-refractivity contribution in [1.29, 1.82) is 5.26 Å². The number of ether oxygens (including phenoxy) is 2. The van der Waals surface area contributed by atoms with Crippen LogP contribution >= 0.6 is 12.4 Å². The Bertz CT molecular complexity index is 1720. The first-order chi connectivity index (χ1) is 21.1. The lowest BCUT2D eigenvalue weighted by Gasteiger charge is -2.32. The number of halogens is 1. The number of likely N-dealkylation sites (N-methyl/N-ethyl adjacent to an activating group) is 1. The fraction of sp³-hybridized carbons (Fsp3) is 0.361. The van der Waals surface area contributed by atoms with Crippen LogP contribution in [0.3, 0.4) is 0 Å². The van der Waals surface area contributed by atoms with E-state index >= 15 is 0 Å². The molecule has 0 aliphatic carbocycles. The van der Waals surface area contributed by atoms with Crippen LogP contribution in [0.5, 0.6) is 11.5 Å². The summed E-state index contributed by atoms with van der Waals surface area (Å²) in [6.45, 7) is 6.94. The third-order valence-electron chi connectivity index (χ3n) is 8.35. The second-order valence-corrected chi connectivity index (χ2v) is 11.5. The fourth-order valence-electron chi connectivity index (χ4n) is 5.70. The van der Waals surface area contributed by atoms with Crippen molar-refractivity contribution in [1.82, 2.24) is 10.2 Å². The molecule has 0 aliphatic rings. The highest BCUT2D eigenvalue weighted by Gasteiger charge is 2.36. The predicted molar refractivity (Wildman–Crippen MR) is 187 cm³/mol. The van der Waals surface area contributed by atoms with Gasteiger partial charge in [0, 0.05) is 23.2 Å². The first-order valence-electron chi connectivity index (χ1n) is 14.8. The van der Waals surface area contributed by atoms with Gasteiger partial charge in [-0.05, 0) is 63.0 Å². The molecule has 0 saturated carbocycles. The molecule has 0 aliphatic heterocycles. The van der Waals surface area contributed by atoms with Gasteiger partial charge >= 0.3 is 0 Å². The standard InChI is InChI=1S/C36H41N3O5.ClH.2H2O/c1-24(2)36(23-37,28-16-17-30(42-5)31(20-28)43-6)18-11-19-39(4)22-32(40)38-21-27-14-10-15-29-33(41)25(3)34(44-35(27)29)26-12-8-7-9-13-26;;;/h7-10,12-17,20,24H,11,18-19,21-22H2,1-6H3,(H,38,40);1H;2*1H2. The minimum atomic E-state index is -0.710. The molecular weight excluding hydrogens is 622 g/mol. The molecule has 10 nitrogen and oxygen atoms in total. The van der Waals surface area contributed by atoms with Gasteiger partial charge < -0.3 is 30.2 Å². The topological polar surface area (TPSA) is 168 Å². The number of nitrogens with one attached hydrogen (secondary N) is 1. The highest BCUT2D eigenvalue weighted by Crippen LogP contribution is 2.40. The molecule has 0 bridgehead atoms. The van der Waals surface area contributed by atoms with E-state index in [9.17, 15) is 14.9 Å². The molecule has 11 heteroatoms. The van der Waals surface area contributed by atoms with Crippen LogP contribution in [0.15, 0.2) is 75.9 Å². The minimum Gasteiger partial charge on any atom is -0.493 e. The molecule has 1 heterocycles. The SMILES string of the molecule is COc1ccc(C(C#N)(CCCN(C)CC(=O)NCc2cccc3c(=O)c(C)c(-c4ccccc4)oc23)C(C)C)cc1OC.Cl.O.O. The molecule has 1 atom stereocenters. The van der Waals surface area contributed by atoms with Crippen molar-refractivity contribution in [2.45, 2.75) is 45.6 Å². The van der Waals surface area contributed by atoms with Gasteiger partial charge in [-0.1, -0.05) is 62.4 Å². The number of methoxy groups -OCH3 is 2. The largest absolute Gasteiger partial charge is 0.493 e. The van der Waals surface area contributed by atoms with Gasteiger partial charge in [-0.25, -0.2) is 0 Å². The van der Waals surface area contributed by atoms with Crippen LogP contribution < -0.4 is 20.2 Å². The Balaban J connectivity index is 0.00000368. The summed E-state index contributed by atoms with van der Waals surface area (Å²) in [6, 6.07) is 23.2. The Kier molecular flexibility index (Phi) is 15.6. The first kappa shape index (κ1) is 40.6. The lowest BCUT2D eigenvalue weighted by Crippen LogP contribution is -2.36. The number of nitrogens with zero attached hydrogens (tertiary/aromatic N) is 2. The number of para-hydroxylation sites is 1. The number of fused-ring (bicyclic) bond motifs is 1. The second kappa shape index (κ2) is 18.1. The number of hydrogen-bond donors (Lipinski definition) is 1. The maximum absolute atomic E-state index is 13.2. The molecular formula is C36H46ClN3O7. The summed E-state index contributed by atoms with van der Waals surface area (Å²) in [5.74, 6) is 1.67. The molecule has 4 aromatic rings. The normalized spacial score (nSPS) is 11.8. The molecule has 0 saturated heterocycles. The fourth-order valence-corrected chi connectivity index (χ4v) is 5.70. The minimum absolute atomic E-state index is 0. The van der Waals surface area contributed by atoms with E-state index in [0.29, 0.717) is 46.8 Å². The third-order valence-corrected chi connectivity index (χ3v) is 8.35. The maximum atomic E-state index is 13.2. The summed E-state index contributed by atoms with van der Waals surface area (Å²) >= 11 is 0. The number of benzene rings is 3. The number of rotatable bonds is 13. The molecule has 254 valence electrons. The van der Waals surface area contributed by atoms with E-state index in [1.165, 1.54) is 0 Å². The highest BCUT2D eigenvalue weighted by atomic mass is 35.5. The van der Waals surface area contributed by atoms with Gasteiger partial charge in [-0.2, -0.15) is 5.26 Å². The van der Waals surface area contributed by atoms with Crippen LogP contribution in [0.25, 0.3) is 22.3 Å². The Morgan fingerprint density at radius 2 is 1.70 bits per heavy atom. The van der Waals surface area contributed by atoms with E-state index in [-0.39, 0.29) is 53.7 Å². The zero-order chi connectivity index (χ0) is 31.9. The van der Waals surface area contributed by atoms with Crippen molar-refractivity contribution in [3.05, 3.63) is 93.6 Å².